The molecule has 0 aliphatic rings. The molecule has 0 N–H and O–H groups in total. The van der Waals surface area contributed by atoms with E-state index in [2.05, 4.69) is 38.1 Å². The molecule has 1 atom stereocenters. The first-order valence-corrected chi connectivity index (χ1v) is 10.2. The smallest absolute Gasteiger partial charge is 0.253 e. The summed E-state index contributed by atoms with van der Waals surface area (Å²) >= 11 is 0. The molecular formula is C26H29NO2. The predicted octanol–water partition coefficient (Wildman–Crippen LogP) is 6.07. The van der Waals surface area contributed by atoms with E-state index in [0.717, 1.165) is 16.7 Å². The highest BCUT2D eigenvalue weighted by Gasteiger charge is 2.23. The quantitative estimate of drug-likeness (QED) is 0.439. The van der Waals surface area contributed by atoms with Crippen LogP contribution in [0.5, 0.6) is 0 Å². The van der Waals surface area contributed by atoms with E-state index >= 15 is 0 Å². The lowest BCUT2D eigenvalue weighted by atomic mass is 9.95. The highest BCUT2D eigenvalue weighted by molar-refractivity contribution is 5.82. The Hall–Kier alpha value is -2.91. The van der Waals surface area contributed by atoms with E-state index in [1.807, 2.05) is 67.6 Å². The lowest BCUT2D eigenvalue weighted by Gasteiger charge is -2.25. The molecule has 0 aromatic heterocycles. The molecular weight excluding hydrogens is 358 g/mol. The number of nitrogens with zero attached hydrogens (tertiary/aromatic N) is 1. The van der Waals surface area contributed by atoms with Crippen LogP contribution < -0.4 is 0 Å². The summed E-state index contributed by atoms with van der Waals surface area (Å²) in [5.41, 5.74) is 4.35. The van der Waals surface area contributed by atoms with Crippen LogP contribution in [0.1, 0.15) is 54.9 Å². The van der Waals surface area contributed by atoms with Gasteiger partial charge in [-0.2, -0.15) is 0 Å². The fraction of sp³-hybridized carbons (Fsp3) is 0.269. The van der Waals surface area contributed by atoms with Crippen LogP contribution in [-0.4, -0.2) is 11.0 Å². The minimum Gasteiger partial charge on any atom is -0.272 e. The monoisotopic (exact) mass is 387 g/mol. The van der Waals surface area contributed by atoms with Crippen molar-refractivity contribution in [3.05, 3.63) is 107 Å². The van der Waals surface area contributed by atoms with Crippen LogP contribution >= 0.6 is 0 Å². The Morgan fingerprint density at radius 3 is 1.83 bits per heavy atom. The molecule has 3 rings (SSSR count). The highest BCUT2D eigenvalue weighted by Crippen LogP contribution is 2.23. The number of rotatable bonds is 8. The van der Waals surface area contributed by atoms with Crippen LogP contribution in [0.25, 0.3) is 0 Å². The first kappa shape index (κ1) is 20.8. The molecule has 0 saturated carbocycles. The first-order valence-electron chi connectivity index (χ1n) is 10.2. The van der Waals surface area contributed by atoms with Crippen molar-refractivity contribution in [3.8, 4) is 0 Å². The van der Waals surface area contributed by atoms with E-state index in [0.29, 0.717) is 19.1 Å². The second kappa shape index (κ2) is 10.0. The average Bonchev–Trinajstić information content (AvgIpc) is 2.77. The number of hydrogen-bond acceptors (Lipinski definition) is 2. The maximum atomic E-state index is 13.3. The van der Waals surface area contributed by atoms with E-state index in [-0.39, 0.29) is 11.8 Å². The summed E-state index contributed by atoms with van der Waals surface area (Å²) in [6.07, 6.45) is 0. The van der Waals surface area contributed by atoms with Gasteiger partial charge in [0, 0.05) is 0 Å². The molecule has 3 aromatic carbocycles. The first-order chi connectivity index (χ1) is 14.0. The second-order valence-electron chi connectivity index (χ2n) is 7.66. The third-order valence-corrected chi connectivity index (χ3v) is 5.12. The maximum absolute atomic E-state index is 13.3. The molecule has 0 fully saturated rings. The maximum Gasteiger partial charge on any atom is 0.253 e. The Morgan fingerprint density at radius 1 is 0.759 bits per heavy atom. The zero-order valence-electron chi connectivity index (χ0n) is 17.4. The fourth-order valence-corrected chi connectivity index (χ4v) is 3.19. The summed E-state index contributed by atoms with van der Waals surface area (Å²) in [5.74, 6) is 0.150. The molecule has 0 unspecified atom stereocenters. The van der Waals surface area contributed by atoms with Crippen LogP contribution in [0, 0.1) is 0 Å². The van der Waals surface area contributed by atoms with Crippen molar-refractivity contribution in [2.45, 2.75) is 45.8 Å². The zero-order valence-corrected chi connectivity index (χ0v) is 17.4. The van der Waals surface area contributed by atoms with Gasteiger partial charge in [0.2, 0.25) is 0 Å². The lowest BCUT2D eigenvalue weighted by Crippen LogP contribution is -2.34. The van der Waals surface area contributed by atoms with E-state index in [9.17, 15) is 4.79 Å². The normalized spacial score (nSPS) is 12.0. The van der Waals surface area contributed by atoms with Gasteiger partial charge in [-0.05, 0) is 35.1 Å². The van der Waals surface area contributed by atoms with Crippen molar-refractivity contribution >= 4 is 5.91 Å². The summed E-state index contributed by atoms with van der Waals surface area (Å²) in [5, 5.41) is 1.50. The van der Waals surface area contributed by atoms with Gasteiger partial charge in [-0.3, -0.25) is 9.63 Å². The minimum atomic E-state index is -0.282. The molecule has 29 heavy (non-hydrogen) atoms. The second-order valence-corrected chi connectivity index (χ2v) is 7.66. The summed E-state index contributed by atoms with van der Waals surface area (Å²) in [4.78, 5) is 19.3. The van der Waals surface area contributed by atoms with Crippen molar-refractivity contribution in [1.82, 2.24) is 5.06 Å². The van der Waals surface area contributed by atoms with Gasteiger partial charge < -0.3 is 0 Å². The number of benzene rings is 3. The SMILES string of the molecule is CC(C)c1ccc([C@@H](C)C(=O)N(Cc2ccccc2)OCc2ccccc2)cc1. The molecule has 0 bridgehead atoms. The molecule has 0 radical (unpaired) electrons. The number of hydroxylamine groups is 2. The summed E-state index contributed by atoms with van der Waals surface area (Å²) in [6.45, 7) is 7.06. The third-order valence-electron chi connectivity index (χ3n) is 5.12. The summed E-state index contributed by atoms with van der Waals surface area (Å²) < 4.78 is 0. The van der Waals surface area contributed by atoms with Crippen LogP contribution in [-0.2, 0) is 22.8 Å². The summed E-state index contributed by atoms with van der Waals surface area (Å²) in [6, 6.07) is 28.2. The standard InChI is InChI=1S/C26H29NO2/c1-20(2)24-14-16-25(17-15-24)21(3)26(28)27(18-22-10-6-4-7-11-22)29-19-23-12-8-5-9-13-23/h4-17,20-21H,18-19H2,1-3H3/t21-/m1/s1. The van der Waals surface area contributed by atoms with E-state index < -0.39 is 0 Å². The number of amides is 1. The van der Waals surface area contributed by atoms with Crippen molar-refractivity contribution in [3.63, 3.8) is 0 Å². The summed E-state index contributed by atoms with van der Waals surface area (Å²) in [7, 11) is 0. The highest BCUT2D eigenvalue weighted by atomic mass is 16.7. The van der Waals surface area contributed by atoms with Gasteiger partial charge in [0.05, 0.1) is 12.5 Å². The Morgan fingerprint density at radius 2 is 1.28 bits per heavy atom. The molecule has 3 heteroatoms. The average molecular weight is 388 g/mol. The van der Waals surface area contributed by atoms with Crippen LogP contribution in [0.15, 0.2) is 84.9 Å². The molecule has 0 spiro atoms. The molecule has 3 nitrogen and oxygen atoms in total. The molecule has 3 aromatic rings. The topological polar surface area (TPSA) is 29.5 Å². The van der Waals surface area contributed by atoms with Crippen molar-refractivity contribution in [2.24, 2.45) is 0 Å². The van der Waals surface area contributed by atoms with Gasteiger partial charge in [-0.1, -0.05) is 98.8 Å². The number of carbonyl (C=O) groups excluding carboxylic acids is 1. The van der Waals surface area contributed by atoms with Gasteiger partial charge in [-0.25, -0.2) is 5.06 Å². The Kier molecular flexibility index (Phi) is 7.20. The lowest BCUT2D eigenvalue weighted by molar-refractivity contribution is -0.196. The minimum absolute atomic E-state index is 0.0397. The molecule has 0 heterocycles. The van der Waals surface area contributed by atoms with E-state index in [1.165, 1.54) is 10.6 Å². The number of hydrogen-bond donors (Lipinski definition) is 0. The van der Waals surface area contributed by atoms with Crippen LogP contribution in [0.2, 0.25) is 0 Å². The molecule has 1 amide bonds. The molecule has 0 aliphatic carbocycles. The van der Waals surface area contributed by atoms with Crippen molar-refractivity contribution in [1.29, 1.82) is 0 Å². The van der Waals surface area contributed by atoms with Crippen LogP contribution in [0.4, 0.5) is 0 Å². The largest absolute Gasteiger partial charge is 0.272 e. The Balaban J connectivity index is 1.76. The van der Waals surface area contributed by atoms with Crippen molar-refractivity contribution in [2.75, 3.05) is 0 Å². The third kappa shape index (κ3) is 5.78. The van der Waals surface area contributed by atoms with Gasteiger partial charge in [-0.15, -0.1) is 0 Å². The Labute approximate surface area is 173 Å². The van der Waals surface area contributed by atoms with Gasteiger partial charge >= 0.3 is 0 Å². The van der Waals surface area contributed by atoms with Gasteiger partial charge in [0.25, 0.3) is 5.91 Å². The van der Waals surface area contributed by atoms with Crippen LogP contribution in [0.3, 0.4) is 0 Å². The van der Waals surface area contributed by atoms with Crippen molar-refractivity contribution < 1.29 is 9.63 Å². The molecule has 0 saturated heterocycles. The van der Waals surface area contributed by atoms with E-state index in [1.54, 1.807) is 0 Å². The Bertz CT molecular complexity index is 889. The molecule has 0 aliphatic heterocycles. The predicted molar refractivity (Wildman–Crippen MR) is 117 cm³/mol. The fourth-order valence-electron chi connectivity index (χ4n) is 3.19. The van der Waals surface area contributed by atoms with Gasteiger partial charge in [0.1, 0.15) is 6.61 Å². The number of carbonyl (C=O) groups is 1. The van der Waals surface area contributed by atoms with E-state index in [4.69, 9.17) is 4.84 Å². The van der Waals surface area contributed by atoms with Gasteiger partial charge in [0.15, 0.2) is 0 Å². The zero-order chi connectivity index (χ0) is 20.6. The molecule has 150 valence electrons.